The fourth-order valence-electron chi connectivity index (χ4n) is 1.61. The Balaban J connectivity index is 3.32. The standard InChI is InChI=1S/C12H13NO3/c1-2-8-3-9(5-12(15)16)11(6-13)10(4-8)7-14/h3-4,14H,2,5,7H2,1H3,(H,15,16). The molecule has 16 heavy (non-hydrogen) atoms. The first kappa shape index (κ1) is 12.2. The normalized spacial score (nSPS) is 9.81. The summed E-state index contributed by atoms with van der Waals surface area (Å²) in [6, 6.07) is 5.40. The molecule has 4 nitrogen and oxygen atoms in total. The number of nitriles is 1. The molecule has 0 saturated carbocycles. The molecule has 0 bridgehead atoms. The number of aliphatic hydroxyl groups is 1. The van der Waals surface area contributed by atoms with Crippen molar-refractivity contribution in [1.29, 1.82) is 5.26 Å². The largest absolute Gasteiger partial charge is 0.481 e. The minimum Gasteiger partial charge on any atom is -0.481 e. The number of aliphatic carboxylic acids is 1. The summed E-state index contributed by atoms with van der Waals surface area (Å²) >= 11 is 0. The zero-order valence-corrected chi connectivity index (χ0v) is 9.03. The molecule has 1 aromatic rings. The predicted octanol–water partition coefficient (Wildman–Crippen LogP) is 1.24. The molecule has 0 radical (unpaired) electrons. The van der Waals surface area contributed by atoms with Gasteiger partial charge in [0.2, 0.25) is 0 Å². The SMILES string of the molecule is CCc1cc(CO)c(C#N)c(CC(=O)O)c1. The number of carboxylic acids is 1. The second-order valence-corrected chi connectivity index (χ2v) is 3.48. The van der Waals surface area contributed by atoms with Crippen molar-refractivity contribution >= 4 is 5.97 Å². The first-order valence-corrected chi connectivity index (χ1v) is 4.99. The van der Waals surface area contributed by atoms with E-state index in [1.165, 1.54) is 0 Å². The smallest absolute Gasteiger partial charge is 0.307 e. The van der Waals surface area contributed by atoms with Gasteiger partial charge in [-0.2, -0.15) is 5.26 Å². The highest BCUT2D eigenvalue weighted by atomic mass is 16.4. The van der Waals surface area contributed by atoms with E-state index in [0.29, 0.717) is 11.1 Å². The molecule has 0 aliphatic carbocycles. The summed E-state index contributed by atoms with van der Waals surface area (Å²) in [5, 5.41) is 26.8. The summed E-state index contributed by atoms with van der Waals surface area (Å²) in [5.74, 6) is -0.978. The molecular weight excluding hydrogens is 206 g/mol. The van der Waals surface area contributed by atoms with Gasteiger partial charge >= 0.3 is 5.97 Å². The molecule has 84 valence electrons. The molecule has 2 N–H and O–H groups in total. The summed E-state index contributed by atoms with van der Waals surface area (Å²) < 4.78 is 0. The quantitative estimate of drug-likeness (QED) is 0.798. The number of benzene rings is 1. The second-order valence-electron chi connectivity index (χ2n) is 3.48. The van der Waals surface area contributed by atoms with Gasteiger partial charge in [0.1, 0.15) is 0 Å². The third-order valence-electron chi connectivity index (χ3n) is 2.39. The zero-order valence-electron chi connectivity index (χ0n) is 9.03. The van der Waals surface area contributed by atoms with E-state index in [-0.39, 0.29) is 18.6 Å². The summed E-state index contributed by atoms with van der Waals surface area (Å²) in [6.45, 7) is 1.69. The average molecular weight is 219 g/mol. The van der Waals surface area contributed by atoms with E-state index < -0.39 is 5.97 Å². The van der Waals surface area contributed by atoms with E-state index in [2.05, 4.69) is 0 Å². The highest BCUT2D eigenvalue weighted by molar-refractivity contribution is 5.72. The van der Waals surface area contributed by atoms with Gasteiger partial charge in [0.25, 0.3) is 0 Å². The van der Waals surface area contributed by atoms with Crippen LogP contribution >= 0.6 is 0 Å². The Labute approximate surface area is 93.8 Å². The molecule has 0 spiro atoms. The molecule has 1 aromatic carbocycles. The molecule has 0 saturated heterocycles. The van der Waals surface area contributed by atoms with Crippen LogP contribution in [-0.2, 0) is 24.2 Å². The van der Waals surface area contributed by atoms with E-state index >= 15 is 0 Å². The van der Waals surface area contributed by atoms with Gasteiger partial charge in [-0.3, -0.25) is 4.79 Å². The van der Waals surface area contributed by atoms with Crippen molar-refractivity contribution in [2.75, 3.05) is 0 Å². The van der Waals surface area contributed by atoms with Gasteiger partial charge in [-0.25, -0.2) is 0 Å². The van der Waals surface area contributed by atoms with Crippen LogP contribution in [0.5, 0.6) is 0 Å². The van der Waals surface area contributed by atoms with Crippen LogP contribution in [0, 0.1) is 11.3 Å². The lowest BCUT2D eigenvalue weighted by molar-refractivity contribution is -0.136. The lowest BCUT2D eigenvalue weighted by Gasteiger charge is -2.09. The zero-order chi connectivity index (χ0) is 12.1. The Morgan fingerprint density at radius 3 is 2.50 bits per heavy atom. The van der Waals surface area contributed by atoms with Crippen molar-refractivity contribution in [3.63, 3.8) is 0 Å². The van der Waals surface area contributed by atoms with Gasteiger partial charge < -0.3 is 10.2 Å². The van der Waals surface area contributed by atoms with Gasteiger partial charge in [0.05, 0.1) is 24.7 Å². The molecule has 0 atom stereocenters. The maximum Gasteiger partial charge on any atom is 0.307 e. The molecule has 0 amide bonds. The van der Waals surface area contributed by atoms with Crippen LogP contribution in [0.3, 0.4) is 0 Å². The number of carbonyl (C=O) groups is 1. The van der Waals surface area contributed by atoms with Crippen LogP contribution in [0.2, 0.25) is 0 Å². The summed E-state index contributed by atoms with van der Waals surface area (Å²) in [6.07, 6.45) is 0.551. The third-order valence-corrected chi connectivity index (χ3v) is 2.39. The molecule has 0 aromatic heterocycles. The average Bonchev–Trinajstić information content (AvgIpc) is 2.27. The van der Waals surface area contributed by atoms with Crippen LogP contribution in [-0.4, -0.2) is 16.2 Å². The van der Waals surface area contributed by atoms with Gasteiger partial charge in [-0.1, -0.05) is 19.1 Å². The van der Waals surface area contributed by atoms with E-state index in [0.717, 1.165) is 12.0 Å². The van der Waals surface area contributed by atoms with Crippen LogP contribution in [0.15, 0.2) is 12.1 Å². The number of nitrogens with zero attached hydrogens (tertiary/aromatic N) is 1. The molecule has 0 heterocycles. The van der Waals surface area contributed by atoms with Crippen molar-refractivity contribution in [1.82, 2.24) is 0 Å². The predicted molar refractivity (Wildman–Crippen MR) is 57.8 cm³/mol. The number of rotatable bonds is 4. The minimum absolute atomic E-state index is 0.191. The third kappa shape index (κ3) is 2.59. The number of aliphatic hydroxyl groups excluding tert-OH is 1. The number of aryl methyl sites for hydroxylation is 1. The fraction of sp³-hybridized carbons (Fsp3) is 0.333. The van der Waals surface area contributed by atoms with Gasteiger partial charge in [-0.05, 0) is 23.1 Å². The van der Waals surface area contributed by atoms with Crippen molar-refractivity contribution in [2.24, 2.45) is 0 Å². The van der Waals surface area contributed by atoms with Crippen molar-refractivity contribution < 1.29 is 15.0 Å². The van der Waals surface area contributed by atoms with E-state index in [9.17, 15) is 4.79 Å². The highest BCUT2D eigenvalue weighted by Gasteiger charge is 2.12. The fourth-order valence-corrected chi connectivity index (χ4v) is 1.61. The minimum atomic E-state index is -0.978. The number of hydrogen-bond acceptors (Lipinski definition) is 3. The highest BCUT2D eigenvalue weighted by Crippen LogP contribution is 2.18. The lowest BCUT2D eigenvalue weighted by Crippen LogP contribution is -2.06. The monoisotopic (exact) mass is 219 g/mol. The summed E-state index contributed by atoms with van der Waals surface area (Å²) in [4.78, 5) is 10.7. The van der Waals surface area contributed by atoms with Crippen LogP contribution in [0.1, 0.15) is 29.2 Å². The first-order chi connectivity index (χ1) is 7.62. The maximum absolute atomic E-state index is 10.7. The Morgan fingerprint density at radius 1 is 1.44 bits per heavy atom. The molecule has 0 aliphatic heterocycles. The van der Waals surface area contributed by atoms with Crippen LogP contribution in [0.4, 0.5) is 0 Å². The molecule has 0 aliphatic rings. The van der Waals surface area contributed by atoms with Gasteiger partial charge in [0.15, 0.2) is 0 Å². The van der Waals surface area contributed by atoms with Crippen LogP contribution in [0.25, 0.3) is 0 Å². The molecule has 0 fully saturated rings. The van der Waals surface area contributed by atoms with Gasteiger partial charge in [0, 0.05) is 0 Å². The molecule has 0 unspecified atom stereocenters. The Morgan fingerprint density at radius 2 is 2.06 bits per heavy atom. The second kappa shape index (κ2) is 5.29. The van der Waals surface area contributed by atoms with Crippen molar-refractivity contribution in [2.45, 2.75) is 26.4 Å². The molecule has 1 rings (SSSR count). The van der Waals surface area contributed by atoms with E-state index in [4.69, 9.17) is 15.5 Å². The van der Waals surface area contributed by atoms with Crippen molar-refractivity contribution in [3.05, 3.63) is 34.4 Å². The van der Waals surface area contributed by atoms with Gasteiger partial charge in [-0.15, -0.1) is 0 Å². The van der Waals surface area contributed by atoms with Crippen molar-refractivity contribution in [3.8, 4) is 6.07 Å². The van der Waals surface area contributed by atoms with E-state index in [1.54, 1.807) is 12.1 Å². The maximum atomic E-state index is 10.7. The topological polar surface area (TPSA) is 81.3 Å². The number of hydrogen-bond donors (Lipinski definition) is 2. The summed E-state index contributed by atoms with van der Waals surface area (Å²) in [7, 11) is 0. The van der Waals surface area contributed by atoms with Crippen LogP contribution < -0.4 is 0 Å². The Kier molecular flexibility index (Phi) is 4.03. The molecular formula is C12H13NO3. The Bertz CT molecular complexity index is 446. The number of carboxylic acid groups (broad SMARTS) is 1. The summed E-state index contributed by atoms with van der Waals surface area (Å²) in [5.41, 5.74) is 2.18. The van der Waals surface area contributed by atoms with E-state index in [1.807, 2.05) is 13.0 Å². The first-order valence-electron chi connectivity index (χ1n) is 4.99. The Hall–Kier alpha value is -1.86. The lowest BCUT2D eigenvalue weighted by atomic mass is 9.96. The molecule has 4 heteroatoms.